The third kappa shape index (κ3) is 35.2. The molecule has 2 N–H and O–H groups in total. The molecule has 6 nitrogen and oxygen atoms in total. The van der Waals surface area contributed by atoms with Crippen LogP contribution in [0.2, 0.25) is 0 Å². The molecular formula is C50H104N4O2S2+2. The Bertz CT molecular complexity index is 797. The predicted molar refractivity (Wildman–Crippen MR) is 263 cm³/mol. The van der Waals surface area contributed by atoms with Crippen molar-refractivity contribution in [3.8, 4) is 0 Å². The summed E-state index contributed by atoms with van der Waals surface area (Å²) in [4.78, 5) is 24.4. The highest BCUT2D eigenvalue weighted by Gasteiger charge is 2.20. The summed E-state index contributed by atoms with van der Waals surface area (Å²) < 4.78 is 2.61. The third-order valence-electron chi connectivity index (χ3n) is 13.6. The first-order chi connectivity index (χ1) is 28.4. The van der Waals surface area contributed by atoms with Crippen LogP contribution in [0, 0.1) is 0 Å². The van der Waals surface area contributed by atoms with E-state index in [1.807, 2.05) is 21.6 Å². The van der Waals surface area contributed by atoms with E-state index in [0.717, 1.165) is 50.3 Å². The van der Waals surface area contributed by atoms with Crippen LogP contribution in [0.25, 0.3) is 0 Å². The molecule has 0 aromatic carbocycles. The summed E-state index contributed by atoms with van der Waals surface area (Å²) in [6.45, 7) is 26.1. The van der Waals surface area contributed by atoms with Gasteiger partial charge < -0.3 is 19.6 Å². The molecule has 346 valence electrons. The second-order valence-corrected chi connectivity index (χ2v) is 20.5. The average molecular weight is 858 g/mol. The number of carbonyl (C=O) groups excluding carboxylic acids is 2. The number of unbranched alkanes of at least 4 members (excludes halogenated alkanes) is 24. The van der Waals surface area contributed by atoms with Gasteiger partial charge in [-0.1, -0.05) is 150 Å². The van der Waals surface area contributed by atoms with Gasteiger partial charge in [0, 0.05) is 37.4 Å². The number of nitrogens with one attached hydrogen (secondary N) is 2. The van der Waals surface area contributed by atoms with E-state index >= 15 is 0 Å². The van der Waals surface area contributed by atoms with Crippen molar-refractivity contribution >= 4 is 33.4 Å². The van der Waals surface area contributed by atoms with Crippen LogP contribution in [0.3, 0.4) is 0 Å². The molecule has 0 aliphatic rings. The van der Waals surface area contributed by atoms with E-state index < -0.39 is 0 Å². The van der Waals surface area contributed by atoms with Crippen LogP contribution in [-0.2, 0) is 9.59 Å². The zero-order chi connectivity index (χ0) is 42.7. The summed E-state index contributed by atoms with van der Waals surface area (Å²) >= 11 is 0. The fourth-order valence-electron chi connectivity index (χ4n) is 8.66. The van der Waals surface area contributed by atoms with Gasteiger partial charge in [0.2, 0.25) is 11.8 Å². The van der Waals surface area contributed by atoms with Gasteiger partial charge >= 0.3 is 0 Å². The molecule has 58 heavy (non-hydrogen) atoms. The Kier molecular flexibility index (Phi) is 42.9. The maximum absolute atomic E-state index is 12.2. The van der Waals surface area contributed by atoms with Crippen molar-refractivity contribution in [2.24, 2.45) is 0 Å². The number of quaternary nitrogens is 2. The summed E-state index contributed by atoms with van der Waals surface area (Å²) in [7, 11) is 3.78. The molecule has 0 aliphatic carbocycles. The van der Waals surface area contributed by atoms with E-state index in [1.165, 1.54) is 215 Å². The van der Waals surface area contributed by atoms with Crippen molar-refractivity contribution in [1.82, 2.24) is 10.6 Å². The molecule has 0 aromatic rings. The first-order valence-electron chi connectivity index (χ1n) is 25.8. The van der Waals surface area contributed by atoms with E-state index in [0.29, 0.717) is 12.8 Å². The Morgan fingerprint density at radius 2 is 0.552 bits per heavy atom. The van der Waals surface area contributed by atoms with Crippen LogP contribution < -0.4 is 10.6 Å². The lowest BCUT2D eigenvalue weighted by molar-refractivity contribution is -0.923. The van der Waals surface area contributed by atoms with Gasteiger partial charge in [0.05, 0.1) is 52.4 Å². The molecule has 0 aliphatic heterocycles. The van der Waals surface area contributed by atoms with Crippen molar-refractivity contribution in [2.75, 3.05) is 77.0 Å². The fraction of sp³-hybridized carbons (Fsp3) is 0.960. The highest BCUT2D eigenvalue weighted by Crippen LogP contribution is 2.22. The largest absolute Gasteiger partial charge is 0.356 e. The van der Waals surface area contributed by atoms with Gasteiger partial charge in [-0.3, -0.25) is 9.59 Å². The second kappa shape index (κ2) is 43.2. The third-order valence-corrected chi connectivity index (χ3v) is 16.2. The van der Waals surface area contributed by atoms with E-state index in [4.69, 9.17) is 0 Å². The summed E-state index contributed by atoms with van der Waals surface area (Å²) in [6.07, 6.45) is 38.3. The number of hydrogen-bond donors (Lipinski definition) is 2. The van der Waals surface area contributed by atoms with Crippen molar-refractivity contribution < 1.29 is 18.6 Å². The van der Waals surface area contributed by atoms with Gasteiger partial charge in [-0.15, -0.1) is 0 Å². The first kappa shape index (κ1) is 57.6. The van der Waals surface area contributed by atoms with Crippen LogP contribution in [0.1, 0.15) is 234 Å². The van der Waals surface area contributed by atoms with Crippen molar-refractivity contribution in [2.45, 2.75) is 234 Å². The smallest absolute Gasteiger partial charge is 0.219 e. The quantitative estimate of drug-likeness (QED) is 0.0364. The van der Waals surface area contributed by atoms with Crippen LogP contribution >= 0.6 is 21.6 Å². The van der Waals surface area contributed by atoms with E-state index in [1.54, 1.807) is 0 Å². The maximum atomic E-state index is 12.2. The molecule has 0 heterocycles. The Morgan fingerprint density at radius 3 is 0.793 bits per heavy atom. The number of hydrogen-bond acceptors (Lipinski definition) is 4. The minimum atomic E-state index is 0.224. The number of amides is 2. The Balaban J connectivity index is 3.33. The summed E-state index contributed by atoms with van der Waals surface area (Å²) in [5.74, 6) is 2.57. The van der Waals surface area contributed by atoms with Gasteiger partial charge in [0.25, 0.3) is 0 Å². The van der Waals surface area contributed by atoms with Gasteiger partial charge in [-0.05, 0) is 92.9 Å². The molecule has 2 amide bonds. The molecule has 0 rings (SSSR count). The molecular weight excluding hydrogens is 753 g/mol. The maximum Gasteiger partial charge on any atom is 0.219 e. The SMILES string of the molecule is CC[N+](CC)(CC)CCCCCCCCCCCCCCCC(=O)NCCCSSCCCNC(=O)CCCCCCCCCCCCCCC[N+](CC)(CC)CC. The van der Waals surface area contributed by atoms with Gasteiger partial charge in [-0.25, -0.2) is 0 Å². The van der Waals surface area contributed by atoms with Crippen LogP contribution in [0.5, 0.6) is 0 Å². The standard InChI is InChI=1S/C50H102N4O2S2/c1-7-53(8-2,9-3)45-37-33-29-25-21-17-13-15-19-23-27-31-35-41-49(55)51-43-39-47-57-58-48-40-44-52-50(56)42-36-32-28-24-20-16-14-18-22-26-30-34-38-46-54(10-4,11-5)12-6/h7-48H2,1-6H3/p+2. The predicted octanol–water partition coefficient (Wildman–Crippen LogP) is 14.1. The first-order valence-corrected chi connectivity index (χ1v) is 28.3. The summed E-state index contributed by atoms with van der Waals surface area (Å²) in [6, 6.07) is 0. The highest BCUT2D eigenvalue weighted by molar-refractivity contribution is 8.76. The molecule has 0 aromatic heterocycles. The lowest BCUT2D eigenvalue weighted by Gasteiger charge is -2.35. The second-order valence-electron chi connectivity index (χ2n) is 17.8. The topological polar surface area (TPSA) is 58.2 Å². The molecule has 0 saturated heterocycles. The van der Waals surface area contributed by atoms with Crippen LogP contribution in [0.15, 0.2) is 0 Å². The van der Waals surface area contributed by atoms with Crippen molar-refractivity contribution in [1.29, 1.82) is 0 Å². The fourth-order valence-corrected chi connectivity index (χ4v) is 10.8. The monoisotopic (exact) mass is 857 g/mol. The zero-order valence-corrected chi connectivity index (χ0v) is 41.9. The van der Waals surface area contributed by atoms with Crippen LogP contribution in [-0.4, -0.2) is 97.7 Å². The molecule has 0 spiro atoms. The number of nitrogens with zero attached hydrogens (tertiary/aromatic N) is 2. The minimum Gasteiger partial charge on any atom is -0.356 e. The number of carbonyl (C=O) groups is 2. The number of rotatable bonds is 47. The van der Waals surface area contributed by atoms with Crippen LogP contribution in [0.4, 0.5) is 0 Å². The lowest BCUT2D eigenvalue weighted by Crippen LogP contribution is -2.48. The molecule has 8 heteroatoms. The lowest BCUT2D eigenvalue weighted by atomic mass is 10.0. The summed E-state index contributed by atoms with van der Waals surface area (Å²) in [5.41, 5.74) is 0. The van der Waals surface area contributed by atoms with E-state index in [2.05, 4.69) is 52.2 Å². The van der Waals surface area contributed by atoms with Gasteiger partial charge in [0.15, 0.2) is 0 Å². The van der Waals surface area contributed by atoms with E-state index in [-0.39, 0.29) is 11.8 Å². The highest BCUT2D eigenvalue weighted by atomic mass is 33.1. The van der Waals surface area contributed by atoms with Gasteiger partial charge in [-0.2, -0.15) is 0 Å². The van der Waals surface area contributed by atoms with Crippen molar-refractivity contribution in [3.05, 3.63) is 0 Å². The Hall–Kier alpha value is -0.440. The van der Waals surface area contributed by atoms with Crippen molar-refractivity contribution in [3.63, 3.8) is 0 Å². The normalized spacial score (nSPS) is 12.0. The zero-order valence-electron chi connectivity index (χ0n) is 40.2. The Labute approximate surface area is 372 Å². The van der Waals surface area contributed by atoms with E-state index in [9.17, 15) is 9.59 Å². The minimum absolute atomic E-state index is 0.224. The molecule has 0 fully saturated rings. The molecule has 0 bridgehead atoms. The summed E-state index contributed by atoms with van der Waals surface area (Å²) in [5, 5.41) is 6.22. The average Bonchev–Trinajstić information content (AvgIpc) is 3.24. The molecule has 0 radical (unpaired) electrons. The Morgan fingerprint density at radius 1 is 0.328 bits per heavy atom. The van der Waals surface area contributed by atoms with Gasteiger partial charge in [0.1, 0.15) is 0 Å². The molecule has 0 saturated carbocycles. The molecule has 0 atom stereocenters. The molecule has 0 unspecified atom stereocenters.